The summed E-state index contributed by atoms with van der Waals surface area (Å²) >= 11 is 1.58. The van der Waals surface area contributed by atoms with Gasteiger partial charge in [-0.2, -0.15) is 0 Å². The highest BCUT2D eigenvalue weighted by Crippen LogP contribution is 2.18. The van der Waals surface area contributed by atoms with E-state index in [0.717, 1.165) is 43.4 Å². The first kappa shape index (κ1) is 15.4. The Morgan fingerprint density at radius 1 is 1.39 bits per heavy atom. The average Bonchev–Trinajstić information content (AvgIpc) is 2.71. The number of nitrogens with zero attached hydrogens (tertiary/aromatic N) is 4. The molecule has 0 aliphatic heterocycles. The van der Waals surface area contributed by atoms with Crippen molar-refractivity contribution in [2.45, 2.75) is 50.9 Å². The Kier molecular flexibility index (Phi) is 6.59. The van der Waals surface area contributed by atoms with Gasteiger partial charge in [0.15, 0.2) is 0 Å². The Labute approximate surface area is 113 Å². The molecule has 0 aromatic carbocycles. The number of aliphatic hydroxyl groups is 1. The molecule has 0 saturated carbocycles. The van der Waals surface area contributed by atoms with Crippen molar-refractivity contribution in [2.24, 2.45) is 0 Å². The Morgan fingerprint density at radius 3 is 2.83 bits per heavy atom. The van der Waals surface area contributed by atoms with E-state index in [2.05, 4.69) is 27.8 Å². The Bertz CT molecular complexity index is 336. The van der Waals surface area contributed by atoms with Crippen molar-refractivity contribution in [1.29, 1.82) is 0 Å². The third kappa shape index (κ3) is 6.32. The lowest BCUT2D eigenvalue weighted by Crippen LogP contribution is -2.22. The SMILES string of the molecule is CCCNCCn1nnnc1SCCC(C)(C)O. The number of rotatable bonds is 9. The van der Waals surface area contributed by atoms with E-state index in [0.29, 0.717) is 0 Å². The fourth-order valence-corrected chi connectivity index (χ4v) is 2.47. The maximum Gasteiger partial charge on any atom is 0.209 e. The lowest BCUT2D eigenvalue weighted by atomic mass is 10.1. The van der Waals surface area contributed by atoms with E-state index in [1.54, 1.807) is 16.4 Å². The number of aromatic nitrogens is 4. The molecule has 0 saturated heterocycles. The lowest BCUT2D eigenvalue weighted by molar-refractivity contribution is 0.0777. The molecule has 1 aromatic rings. The summed E-state index contributed by atoms with van der Waals surface area (Å²) in [5, 5.41) is 25.4. The molecule has 1 rings (SSSR count). The van der Waals surface area contributed by atoms with E-state index < -0.39 is 5.60 Å². The molecule has 18 heavy (non-hydrogen) atoms. The normalized spacial score (nSPS) is 12.0. The molecule has 0 spiro atoms. The highest BCUT2D eigenvalue weighted by atomic mass is 32.2. The molecule has 7 heteroatoms. The van der Waals surface area contributed by atoms with Crippen LogP contribution in [0.2, 0.25) is 0 Å². The van der Waals surface area contributed by atoms with Crippen LogP contribution in [0.1, 0.15) is 33.6 Å². The zero-order valence-corrected chi connectivity index (χ0v) is 12.2. The van der Waals surface area contributed by atoms with Crippen molar-refractivity contribution < 1.29 is 5.11 Å². The minimum Gasteiger partial charge on any atom is -0.390 e. The van der Waals surface area contributed by atoms with Crippen LogP contribution in [0.3, 0.4) is 0 Å². The molecule has 104 valence electrons. The van der Waals surface area contributed by atoms with Crippen LogP contribution < -0.4 is 5.32 Å². The topological polar surface area (TPSA) is 75.9 Å². The van der Waals surface area contributed by atoms with Gasteiger partial charge in [0.1, 0.15) is 0 Å². The molecule has 0 fully saturated rings. The van der Waals surface area contributed by atoms with Gasteiger partial charge in [-0.3, -0.25) is 0 Å². The van der Waals surface area contributed by atoms with Crippen LogP contribution in [-0.4, -0.2) is 49.8 Å². The van der Waals surface area contributed by atoms with Crippen molar-refractivity contribution in [3.63, 3.8) is 0 Å². The van der Waals surface area contributed by atoms with Crippen molar-refractivity contribution in [3.8, 4) is 0 Å². The molecule has 2 N–H and O–H groups in total. The van der Waals surface area contributed by atoms with Gasteiger partial charge in [-0.25, -0.2) is 4.68 Å². The van der Waals surface area contributed by atoms with E-state index in [1.807, 2.05) is 13.8 Å². The number of thioether (sulfide) groups is 1. The smallest absolute Gasteiger partial charge is 0.209 e. The third-order valence-electron chi connectivity index (χ3n) is 2.37. The van der Waals surface area contributed by atoms with Crippen LogP contribution in [0, 0.1) is 0 Å². The van der Waals surface area contributed by atoms with E-state index in [-0.39, 0.29) is 0 Å². The number of tetrazole rings is 1. The summed E-state index contributed by atoms with van der Waals surface area (Å²) in [6, 6.07) is 0. The lowest BCUT2D eigenvalue weighted by Gasteiger charge is -2.15. The first-order chi connectivity index (χ1) is 8.53. The maximum atomic E-state index is 9.63. The monoisotopic (exact) mass is 273 g/mol. The molecule has 1 aromatic heterocycles. The van der Waals surface area contributed by atoms with E-state index >= 15 is 0 Å². The summed E-state index contributed by atoms with van der Waals surface area (Å²) in [7, 11) is 0. The maximum absolute atomic E-state index is 9.63. The fourth-order valence-electron chi connectivity index (χ4n) is 1.32. The molecule has 0 bridgehead atoms. The molecule has 0 radical (unpaired) electrons. The molecule has 0 atom stereocenters. The third-order valence-corrected chi connectivity index (χ3v) is 3.33. The summed E-state index contributed by atoms with van der Waals surface area (Å²) < 4.78 is 1.80. The predicted octanol–water partition coefficient (Wildman–Crippen LogP) is 0.926. The van der Waals surface area contributed by atoms with Crippen LogP contribution in [0.15, 0.2) is 5.16 Å². The molecule has 0 amide bonds. The fraction of sp³-hybridized carbons (Fsp3) is 0.909. The van der Waals surface area contributed by atoms with Crippen molar-refractivity contribution in [1.82, 2.24) is 25.5 Å². The number of nitrogens with one attached hydrogen (secondary N) is 1. The standard InChI is InChI=1S/C11H23N5OS/c1-4-6-12-7-8-16-10(13-14-15-16)18-9-5-11(2,3)17/h12,17H,4-9H2,1-3H3. The Hall–Kier alpha value is -0.660. The summed E-state index contributed by atoms with van der Waals surface area (Å²) in [5.41, 5.74) is -0.631. The molecule has 0 unspecified atom stereocenters. The summed E-state index contributed by atoms with van der Waals surface area (Å²) in [6.07, 6.45) is 1.85. The predicted molar refractivity (Wildman–Crippen MR) is 72.6 cm³/mol. The van der Waals surface area contributed by atoms with Gasteiger partial charge in [0.25, 0.3) is 0 Å². The number of hydrogen-bond acceptors (Lipinski definition) is 6. The first-order valence-electron chi connectivity index (χ1n) is 6.35. The zero-order valence-electron chi connectivity index (χ0n) is 11.4. The second-order valence-electron chi connectivity index (χ2n) is 4.85. The average molecular weight is 273 g/mol. The zero-order chi connectivity index (χ0) is 13.4. The summed E-state index contributed by atoms with van der Waals surface area (Å²) in [6.45, 7) is 8.43. The van der Waals surface area contributed by atoms with Gasteiger partial charge in [0.2, 0.25) is 5.16 Å². The molecule has 6 nitrogen and oxygen atoms in total. The van der Waals surface area contributed by atoms with Gasteiger partial charge in [0.05, 0.1) is 12.1 Å². The molecule has 1 heterocycles. The van der Waals surface area contributed by atoms with Crippen LogP contribution in [0.4, 0.5) is 0 Å². The van der Waals surface area contributed by atoms with Crippen LogP contribution in [-0.2, 0) is 6.54 Å². The largest absolute Gasteiger partial charge is 0.390 e. The van der Waals surface area contributed by atoms with Gasteiger partial charge in [0, 0.05) is 12.3 Å². The van der Waals surface area contributed by atoms with E-state index in [1.165, 1.54) is 0 Å². The number of hydrogen-bond donors (Lipinski definition) is 2. The second-order valence-corrected chi connectivity index (χ2v) is 5.91. The van der Waals surface area contributed by atoms with Gasteiger partial charge in [-0.05, 0) is 43.7 Å². The first-order valence-corrected chi connectivity index (χ1v) is 7.33. The van der Waals surface area contributed by atoms with E-state index in [9.17, 15) is 5.11 Å². The molecule has 0 aliphatic rings. The Morgan fingerprint density at radius 2 is 2.17 bits per heavy atom. The second kappa shape index (κ2) is 7.70. The summed E-state index contributed by atoms with van der Waals surface area (Å²) in [4.78, 5) is 0. The summed E-state index contributed by atoms with van der Waals surface area (Å²) in [5.74, 6) is 0.812. The van der Waals surface area contributed by atoms with Crippen molar-refractivity contribution in [2.75, 3.05) is 18.8 Å². The van der Waals surface area contributed by atoms with Crippen LogP contribution in [0.5, 0.6) is 0 Å². The van der Waals surface area contributed by atoms with Gasteiger partial charge in [-0.15, -0.1) is 5.10 Å². The van der Waals surface area contributed by atoms with Crippen molar-refractivity contribution >= 4 is 11.8 Å². The van der Waals surface area contributed by atoms with Crippen LogP contribution >= 0.6 is 11.8 Å². The molecular formula is C11H23N5OS. The molecular weight excluding hydrogens is 250 g/mol. The minimum atomic E-state index is -0.631. The quantitative estimate of drug-likeness (QED) is 0.515. The highest BCUT2D eigenvalue weighted by molar-refractivity contribution is 7.99. The minimum absolute atomic E-state index is 0.631. The van der Waals surface area contributed by atoms with E-state index in [4.69, 9.17) is 0 Å². The Balaban J connectivity index is 2.31. The van der Waals surface area contributed by atoms with Crippen molar-refractivity contribution in [3.05, 3.63) is 0 Å². The highest BCUT2D eigenvalue weighted by Gasteiger charge is 2.13. The molecule has 0 aliphatic carbocycles. The van der Waals surface area contributed by atoms with Gasteiger partial charge >= 0.3 is 0 Å². The van der Waals surface area contributed by atoms with Gasteiger partial charge in [-0.1, -0.05) is 18.7 Å². The van der Waals surface area contributed by atoms with Crippen LogP contribution in [0.25, 0.3) is 0 Å². The van der Waals surface area contributed by atoms with Gasteiger partial charge < -0.3 is 10.4 Å².